The van der Waals surface area contributed by atoms with Crippen molar-refractivity contribution in [1.82, 2.24) is 5.32 Å². The van der Waals surface area contributed by atoms with Crippen molar-refractivity contribution < 1.29 is 13.6 Å². The number of amides is 1. The predicted molar refractivity (Wildman–Crippen MR) is 92.0 cm³/mol. The Morgan fingerprint density at radius 2 is 1.83 bits per heavy atom. The van der Waals surface area contributed by atoms with Gasteiger partial charge in [0.05, 0.1) is 5.75 Å². The quantitative estimate of drug-likeness (QED) is 0.595. The molecule has 0 aliphatic rings. The minimum absolute atomic E-state index is 0.109. The second kappa shape index (κ2) is 8.93. The highest BCUT2D eigenvalue weighted by atomic mass is 32.2. The lowest BCUT2D eigenvalue weighted by molar-refractivity contribution is -0.118. The molecule has 2 rings (SSSR count). The normalized spacial score (nSPS) is 10.6. The zero-order valence-electron chi connectivity index (χ0n) is 12.6. The second-order valence-electron chi connectivity index (χ2n) is 4.87. The fourth-order valence-corrected chi connectivity index (χ4v) is 3.30. The number of halogens is 2. The Morgan fingerprint density at radius 3 is 2.52 bits per heavy atom. The van der Waals surface area contributed by atoms with E-state index in [0.29, 0.717) is 6.54 Å². The van der Waals surface area contributed by atoms with Crippen LogP contribution >= 0.6 is 23.5 Å². The van der Waals surface area contributed by atoms with E-state index in [1.54, 1.807) is 11.8 Å². The molecule has 0 spiro atoms. The molecule has 0 heterocycles. The smallest absolute Gasteiger partial charge is 0.230 e. The first-order chi connectivity index (χ1) is 11.0. The Kier molecular flexibility index (Phi) is 6.92. The molecule has 0 bridgehead atoms. The van der Waals surface area contributed by atoms with Gasteiger partial charge in [0, 0.05) is 28.2 Å². The van der Waals surface area contributed by atoms with Crippen LogP contribution in [0, 0.1) is 18.6 Å². The van der Waals surface area contributed by atoms with Gasteiger partial charge in [0.15, 0.2) is 0 Å². The van der Waals surface area contributed by atoms with Crippen LogP contribution in [0.1, 0.15) is 5.56 Å². The van der Waals surface area contributed by atoms with Crippen LogP contribution in [-0.2, 0) is 4.79 Å². The molecule has 0 aliphatic carbocycles. The van der Waals surface area contributed by atoms with Crippen LogP contribution in [0.4, 0.5) is 8.78 Å². The van der Waals surface area contributed by atoms with Gasteiger partial charge in [0.1, 0.15) is 11.6 Å². The van der Waals surface area contributed by atoms with E-state index in [1.807, 2.05) is 6.92 Å². The van der Waals surface area contributed by atoms with E-state index in [-0.39, 0.29) is 16.6 Å². The number of rotatable bonds is 7. The van der Waals surface area contributed by atoms with E-state index in [2.05, 4.69) is 29.6 Å². The molecule has 0 aliphatic heterocycles. The first-order valence-electron chi connectivity index (χ1n) is 7.08. The Hall–Kier alpha value is -1.53. The van der Waals surface area contributed by atoms with Gasteiger partial charge in [-0.2, -0.15) is 0 Å². The van der Waals surface area contributed by atoms with Crippen molar-refractivity contribution in [3.05, 3.63) is 59.7 Å². The Bertz CT molecular complexity index is 662. The molecule has 0 fully saturated rings. The molecule has 0 radical (unpaired) electrons. The Morgan fingerprint density at radius 1 is 1.09 bits per heavy atom. The van der Waals surface area contributed by atoms with Gasteiger partial charge in [-0.3, -0.25) is 4.79 Å². The van der Waals surface area contributed by atoms with Crippen molar-refractivity contribution in [2.24, 2.45) is 0 Å². The molecule has 2 aromatic carbocycles. The van der Waals surface area contributed by atoms with Crippen LogP contribution in [-0.4, -0.2) is 24.0 Å². The monoisotopic (exact) mass is 353 g/mol. The van der Waals surface area contributed by atoms with Crippen molar-refractivity contribution in [3.63, 3.8) is 0 Å². The van der Waals surface area contributed by atoms with Gasteiger partial charge in [-0.25, -0.2) is 8.78 Å². The van der Waals surface area contributed by atoms with Crippen LogP contribution in [0.2, 0.25) is 0 Å². The third-order valence-corrected chi connectivity index (χ3v) is 5.03. The number of hydrogen-bond donors (Lipinski definition) is 1. The van der Waals surface area contributed by atoms with Gasteiger partial charge < -0.3 is 5.32 Å². The lowest BCUT2D eigenvalue weighted by atomic mass is 10.2. The summed E-state index contributed by atoms with van der Waals surface area (Å²) in [6.07, 6.45) is 0. The minimum atomic E-state index is -0.641. The summed E-state index contributed by atoms with van der Waals surface area (Å²) in [5, 5.41) is 2.79. The third kappa shape index (κ3) is 6.23. The average molecular weight is 353 g/mol. The van der Waals surface area contributed by atoms with Gasteiger partial charge in [0.25, 0.3) is 0 Å². The molecule has 0 aromatic heterocycles. The van der Waals surface area contributed by atoms with Crippen LogP contribution < -0.4 is 5.32 Å². The summed E-state index contributed by atoms with van der Waals surface area (Å²) in [6, 6.07) is 11.5. The van der Waals surface area contributed by atoms with E-state index >= 15 is 0 Å². The first kappa shape index (κ1) is 17.8. The van der Waals surface area contributed by atoms with Gasteiger partial charge in [-0.15, -0.1) is 23.5 Å². The summed E-state index contributed by atoms with van der Waals surface area (Å²) in [4.78, 5) is 13.1. The van der Waals surface area contributed by atoms with Crippen molar-refractivity contribution in [3.8, 4) is 0 Å². The largest absolute Gasteiger partial charge is 0.355 e. The van der Waals surface area contributed by atoms with E-state index < -0.39 is 11.6 Å². The van der Waals surface area contributed by atoms with Gasteiger partial charge in [0.2, 0.25) is 5.91 Å². The minimum Gasteiger partial charge on any atom is -0.355 e. The molecule has 0 saturated heterocycles. The molecule has 2 aromatic rings. The number of benzene rings is 2. The van der Waals surface area contributed by atoms with Crippen LogP contribution in [0.3, 0.4) is 0 Å². The summed E-state index contributed by atoms with van der Waals surface area (Å²) in [5.74, 6) is -0.548. The second-order valence-corrected chi connectivity index (χ2v) is 7.06. The summed E-state index contributed by atoms with van der Waals surface area (Å²) < 4.78 is 26.2. The molecular weight excluding hydrogens is 336 g/mol. The maximum absolute atomic E-state index is 13.4. The van der Waals surface area contributed by atoms with E-state index in [9.17, 15) is 13.6 Å². The van der Waals surface area contributed by atoms with E-state index in [1.165, 1.54) is 17.7 Å². The van der Waals surface area contributed by atoms with E-state index in [0.717, 1.165) is 28.5 Å². The topological polar surface area (TPSA) is 29.1 Å². The average Bonchev–Trinajstić information content (AvgIpc) is 2.52. The maximum Gasteiger partial charge on any atom is 0.230 e. The highest BCUT2D eigenvalue weighted by Gasteiger charge is 2.07. The molecule has 122 valence electrons. The highest BCUT2D eigenvalue weighted by molar-refractivity contribution is 8.00. The van der Waals surface area contributed by atoms with E-state index in [4.69, 9.17) is 0 Å². The van der Waals surface area contributed by atoms with Crippen molar-refractivity contribution in [1.29, 1.82) is 0 Å². The molecule has 2 nitrogen and oxygen atoms in total. The summed E-state index contributed by atoms with van der Waals surface area (Å²) in [6.45, 7) is 2.58. The standard InChI is InChI=1S/C17H17F2NOS2/c1-12-2-5-14(6-3-12)22-9-8-20-17(21)11-23-16-7-4-13(18)10-15(16)19/h2-7,10H,8-9,11H2,1H3,(H,20,21). The Balaban J connectivity index is 1.66. The number of aryl methyl sites for hydroxylation is 1. The number of nitrogens with one attached hydrogen (secondary N) is 1. The van der Waals surface area contributed by atoms with Crippen molar-refractivity contribution in [2.45, 2.75) is 16.7 Å². The molecule has 0 atom stereocenters. The number of thioether (sulfide) groups is 2. The number of carbonyl (C=O) groups excluding carboxylic acids is 1. The van der Waals surface area contributed by atoms with Crippen LogP contribution in [0.5, 0.6) is 0 Å². The fraction of sp³-hybridized carbons (Fsp3) is 0.235. The molecule has 6 heteroatoms. The third-order valence-electron chi connectivity index (χ3n) is 2.97. The summed E-state index contributed by atoms with van der Waals surface area (Å²) in [5.41, 5.74) is 1.22. The maximum atomic E-state index is 13.4. The van der Waals surface area contributed by atoms with Gasteiger partial charge in [-0.05, 0) is 31.2 Å². The predicted octanol–water partition coefficient (Wildman–Crippen LogP) is 4.27. The zero-order chi connectivity index (χ0) is 16.7. The molecule has 1 amide bonds. The lowest BCUT2D eigenvalue weighted by Gasteiger charge is -2.06. The number of carbonyl (C=O) groups is 1. The SMILES string of the molecule is Cc1ccc(SCCNC(=O)CSc2ccc(F)cc2F)cc1. The fourth-order valence-electron chi connectivity index (χ4n) is 1.78. The number of hydrogen-bond acceptors (Lipinski definition) is 3. The summed E-state index contributed by atoms with van der Waals surface area (Å²) in [7, 11) is 0. The highest BCUT2D eigenvalue weighted by Crippen LogP contribution is 2.22. The van der Waals surface area contributed by atoms with Crippen molar-refractivity contribution in [2.75, 3.05) is 18.1 Å². The molecular formula is C17H17F2NOS2. The molecule has 23 heavy (non-hydrogen) atoms. The lowest BCUT2D eigenvalue weighted by Crippen LogP contribution is -2.27. The van der Waals surface area contributed by atoms with Gasteiger partial charge >= 0.3 is 0 Å². The summed E-state index contributed by atoms with van der Waals surface area (Å²) >= 11 is 2.73. The Labute approximate surface area is 143 Å². The van der Waals surface area contributed by atoms with Crippen LogP contribution in [0.25, 0.3) is 0 Å². The van der Waals surface area contributed by atoms with Gasteiger partial charge in [-0.1, -0.05) is 17.7 Å². The zero-order valence-corrected chi connectivity index (χ0v) is 14.3. The first-order valence-corrected chi connectivity index (χ1v) is 9.06. The van der Waals surface area contributed by atoms with Crippen LogP contribution in [0.15, 0.2) is 52.3 Å². The molecule has 0 unspecified atom stereocenters. The molecule has 1 N–H and O–H groups in total. The molecule has 0 saturated carbocycles. The van der Waals surface area contributed by atoms with Crippen molar-refractivity contribution >= 4 is 29.4 Å².